The van der Waals surface area contributed by atoms with Gasteiger partial charge >= 0.3 is 0 Å². The molecule has 3 rings (SSSR count). The van der Waals surface area contributed by atoms with Gasteiger partial charge in [0.15, 0.2) is 5.43 Å². The number of benzene rings is 1. The first-order valence-corrected chi connectivity index (χ1v) is 6.61. The quantitative estimate of drug-likeness (QED) is 0.842. The maximum Gasteiger partial charge on any atom is 0.193 e. The van der Waals surface area contributed by atoms with Crippen molar-refractivity contribution >= 4 is 17.0 Å². The largest absolute Gasteiger partial charge is 0.497 e. The van der Waals surface area contributed by atoms with Crippen LogP contribution in [0.15, 0.2) is 23.0 Å². The summed E-state index contributed by atoms with van der Waals surface area (Å²) in [5.41, 5.74) is 2.73. The molecule has 0 saturated heterocycles. The van der Waals surface area contributed by atoms with E-state index in [0.29, 0.717) is 16.9 Å². The third-order valence-electron chi connectivity index (χ3n) is 3.87. The number of aromatic nitrogens is 1. The van der Waals surface area contributed by atoms with E-state index in [1.165, 1.54) is 0 Å². The SMILES string of the molecule is COc1cc(OC)c2c(c1)c(=O)c1c(n2C)C=CCC1. The number of pyridine rings is 1. The molecule has 1 heterocycles. The Morgan fingerprint density at radius 3 is 2.70 bits per heavy atom. The van der Waals surface area contributed by atoms with Gasteiger partial charge in [-0.05, 0) is 25.0 Å². The maximum atomic E-state index is 12.7. The molecule has 4 heteroatoms. The smallest absolute Gasteiger partial charge is 0.193 e. The fraction of sp³-hybridized carbons (Fsp3) is 0.312. The average Bonchev–Trinajstić information content (AvgIpc) is 2.51. The molecular formula is C16H17NO3. The van der Waals surface area contributed by atoms with E-state index in [0.717, 1.165) is 29.6 Å². The molecule has 0 aliphatic heterocycles. The Labute approximate surface area is 117 Å². The van der Waals surface area contributed by atoms with Crippen LogP contribution in [0, 0.1) is 0 Å². The van der Waals surface area contributed by atoms with Crippen LogP contribution in [0.1, 0.15) is 17.7 Å². The third-order valence-corrected chi connectivity index (χ3v) is 3.87. The van der Waals surface area contributed by atoms with Gasteiger partial charge in [-0.3, -0.25) is 4.79 Å². The van der Waals surface area contributed by atoms with Crippen molar-refractivity contribution in [1.82, 2.24) is 4.57 Å². The molecule has 0 bridgehead atoms. The lowest BCUT2D eigenvalue weighted by atomic mass is 9.98. The highest BCUT2D eigenvalue weighted by molar-refractivity contribution is 5.88. The van der Waals surface area contributed by atoms with Gasteiger partial charge in [0.1, 0.15) is 11.5 Å². The average molecular weight is 271 g/mol. The predicted molar refractivity (Wildman–Crippen MR) is 79.6 cm³/mol. The van der Waals surface area contributed by atoms with Gasteiger partial charge in [0.25, 0.3) is 0 Å². The number of hydrogen-bond donors (Lipinski definition) is 0. The molecular weight excluding hydrogens is 254 g/mol. The molecule has 0 fully saturated rings. The molecule has 104 valence electrons. The van der Waals surface area contributed by atoms with Gasteiger partial charge in [0, 0.05) is 24.4 Å². The van der Waals surface area contributed by atoms with Crippen LogP contribution in [0.2, 0.25) is 0 Å². The van der Waals surface area contributed by atoms with Crippen LogP contribution < -0.4 is 14.9 Å². The van der Waals surface area contributed by atoms with E-state index in [1.54, 1.807) is 26.4 Å². The Hall–Kier alpha value is -2.23. The lowest BCUT2D eigenvalue weighted by Gasteiger charge is -2.19. The van der Waals surface area contributed by atoms with Crippen LogP contribution >= 0.6 is 0 Å². The maximum absolute atomic E-state index is 12.7. The van der Waals surface area contributed by atoms with Gasteiger partial charge in [0.2, 0.25) is 0 Å². The van der Waals surface area contributed by atoms with Gasteiger partial charge in [0.05, 0.1) is 25.1 Å². The number of allylic oxidation sites excluding steroid dienone is 1. The molecule has 2 aromatic rings. The molecule has 0 radical (unpaired) electrons. The van der Waals surface area contributed by atoms with E-state index in [-0.39, 0.29) is 5.43 Å². The highest BCUT2D eigenvalue weighted by Gasteiger charge is 2.18. The Bertz CT molecular complexity index is 772. The summed E-state index contributed by atoms with van der Waals surface area (Å²) in [4.78, 5) is 12.7. The van der Waals surface area contributed by atoms with Crippen molar-refractivity contribution in [3.05, 3.63) is 39.7 Å². The Balaban J connectivity index is 2.51. The van der Waals surface area contributed by atoms with E-state index >= 15 is 0 Å². The summed E-state index contributed by atoms with van der Waals surface area (Å²) >= 11 is 0. The molecule has 0 unspecified atom stereocenters. The Kier molecular flexibility index (Phi) is 3.01. The molecule has 0 atom stereocenters. The summed E-state index contributed by atoms with van der Waals surface area (Å²) in [6.07, 6.45) is 5.82. The van der Waals surface area contributed by atoms with E-state index < -0.39 is 0 Å². The first-order valence-electron chi connectivity index (χ1n) is 6.61. The van der Waals surface area contributed by atoms with Crippen molar-refractivity contribution in [1.29, 1.82) is 0 Å². The van der Waals surface area contributed by atoms with Crippen molar-refractivity contribution in [2.45, 2.75) is 12.8 Å². The molecule has 4 nitrogen and oxygen atoms in total. The molecule has 20 heavy (non-hydrogen) atoms. The van der Waals surface area contributed by atoms with Crippen molar-refractivity contribution in [2.24, 2.45) is 7.05 Å². The van der Waals surface area contributed by atoms with Gasteiger partial charge < -0.3 is 14.0 Å². The van der Waals surface area contributed by atoms with Crippen LogP contribution in [0.5, 0.6) is 11.5 Å². The van der Waals surface area contributed by atoms with E-state index in [9.17, 15) is 4.79 Å². The van der Waals surface area contributed by atoms with Gasteiger partial charge in [-0.1, -0.05) is 6.08 Å². The zero-order valence-corrected chi connectivity index (χ0v) is 11.9. The normalized spacial score (nSPS) is 13.3. The minimum atomic E-state index is 0.0784. The van der Waals surface area contributed by atoms with Gasteiger partial charge in [-0.25, -0.2) is 0 Å². The third kappa shape index (κ3) is 1.72. The molecule has 0 spiro atoms. The van der Waals surface area contributed by atoms with Gasteiger partial charge in [-0.2, -0.15) is 0 Å². The molecule has 0 N–H and O–H groups in total. The lowest BCUT2D eigenvalue weighted by molar-refractivity contribution is 0.396. The van der Waals surface area contributed by atoms with Crippen LogP contribution in [0.4, 0.5) is 0 Å². The summed E-state index contributed by atoms with van der Waals surface area (Å²) in [7, 11) is 5.16. The summed E-state index contributed by atoms with van der Waals surface area (Å²) < 4.78 is 12.7. The highest BCUT2D eigenvalue weighted by Crippen LogP contribution is 2.31. The number of methoxy groups -OCH3 is 2. The number of hydrogen-bond acceptors (Lipinski definition) is 3. The predicted octanol–water partition coefficient (Wildman–Crippen LogP) is 2.52. The van der Waals surface area contributed by atoms with Crippen LogP contribution in [-0.4, -0.2) is 18.8 Å². The van der Waals surface area contributed by atoms with E-state index in [4.69, 9.17) is 9.47 Å². The topological polar surface area (TPSA) is 40.5 Å². The summed E-state index contributed by atoms with van der Waals surface area (Å²) in [5.74, 6) is 1.29. The monoisotopic (exact) mass is 271 g/mol. The Morgan fingerprint density at radius 1 is 1.20 bits per heavy atom. The second kappa shape index (κ2) is 4.71. The second-order valence-corrected chi connectivity index (χ2v) is 4.92. The molecule has 0 amide bonds. The molecule has 1 aliphatic carbocycles. The Morgan fingerprint density at radius 2 is 2.00 bits per heavy atom. The number of fused-ring (bicyclic) bond motifs is 2. The van der Waals surface area contributed by atoms with Crippen molar-refractivity contribution in [3.8, 4) is 11.5 Å². The minimum absolute atomic E-state index is 0.0784. The van der Waals surface area contributed by atoms with Crippen LogP contribution in [0.25, 0.3) is 17.0 Å². The summed E-state index contributed by atoms with van der Waals surface area (Å²) in [5, 5.41) is 0.651. The number of aryl methyl sites for hydroxylation is 1. The standard InChI is InChI=1S/C16H17NO3/c1-17-13-7-5-4-6-11(13)16(18)12-8-10(19-2)9-14(20-3)15(12)17/h5,7-9H,4,6H2,1-3H3. The van der Waals surface area contributed by atoms with Crippen molar-refractivity contribution in [2.75, 3.05) is 14.2 Å². The van der Waals surface area contributed by atoms with E-state index in [2.05, 4.69) is 6.08 Å². The molecule has 1 aromatic heterocycles. The number of nitrogens with zero attached hydrogens (tertiary/aromatic N) is 1. The lowest BCUT2D eigenvalue weighted by Crippen LogP contribution is -2.19. The fourth-order valence-corrected chi connectivity index (χ4v) is 2.85. The van der Waals surface area contributed by atoms with E-state index in [1.807, 2.05) is 17.7 Å². The zero-order chi connectivity index (χ0) is 14.3. The zero-order valence-electron chi connectivity index (χ0n) is 11.9. The molecule has 1 aliphatic rings. The van der Waals surface area contributed by atoms with Crippen LogP contribution in [0.3, 0.4) is 0 Å². The fourth-order valence-electron chi connectivity index (χ4n) is 2.85. The number of rotatable bonds is 2. The summed E-state index contributed by atoms with van der Waals surface area (Å²) in [6, 6.07) is 3.60. The first kappa shape index (κ1) is 12.8. The van der Waals surface area contributed by atoms with Crippen molar-refractivity contribution in [3.63, 3.8) is 0 Å². The van der Waals surface area contributed by atoms with Crippen molar-refractivity contribution < 1.29 is 9.47 Å². The molecule has 0 saturated carbocycles. The highest BCUT2D eigenvalue weighted by atomic mass is 16.5. The van der Waals surface area contributed by atoms with Gasteiger partial charge in [-0.15, -0.1) is 0 Å². The minimum Gasteiger partial charge on any atom is -0.497 e. The second-order valence-electron chi connectivity index (χ2n) is 4.92. The molecule has 1 aromatic carbocycles. The van der Waals surface area contributed by atoms with Crippen LogP contribution in [-0.2, 0) is 13.5 Å². The number of ether oxygens (including phenoxy) is 2. The first-order chi connectivity index (χ1) is 9.67. The summed E-state index contributed by atoms with van der Waals surface area (Å²) in [6.45, 7) is 0.